The highest BCUT2D eigenvalue weighted by Crippen LogP contribution is 2.12. The van der Waals surface area contributed by atoms with Gasteiger partial charge in [0.2, 0.25) is 0 Å². The minimum atomic E-state index is -0.183. The predicted octanol–water partition coefficient (Wildman–Crippen LogP) is -0.176. The van der Waals surface area contributed by atoms with Gasteiger partial charge in [0.15, 0.2) is 0 Å². The molecule has 1 fully saturated rings. The second-order valence-corrected chi connectivity index (χ2v) is 3.32. The lowest BCUT2D eigenvalue weighted by Gasteiger charge is -2.33. The molecule has 1 saturated heterocycles. The van der Waals surface area contributed by atoms with Gasteiger partial charge in [-0.1, -0.05) is 0 Å². The van der Waals surface area contributed by atoms with Crippen LogP contribution in [0.5, 0.6) is 0 Å². The number of nitrogens with zero attached hydrogens (tertiary/aromatic N) is 1. The van der Waals surface area contributed by atoms with E-state index >= 15 is 0 Å². The maximum absolute atomic E-state index is 9.30. The zero-order valence-electron chi connectivity index (χ0n) is 7.03. The van der Waals surface area contributed by atoms with Crippen molar-refractivity contribution in [1.29, 1.82) is 0 Å². The molecular weight excluding hydrogens is 142 g/mol. The molecule has 0 aliphatic carbocycles. The average molecular weight is 159 g/mol. The fourth-order valence-corrected chi connectivity index (χ4v) is 1.50. The van der Waals surface area contributed by atoms with E-state index in [4.69, 9.17) is 5.11 Å². The minimum Gasteiger partial charge on any atom is -0.395 e. The summed E-state index contributed by atoms with van der Waals surface area (Å²) in [7, 11) is 0. The van der Waals surface area contributed by atoms with Crippen LogP contribution in [0.4, 0.5) is 0 Å². The Labute approximate surface area is 67.6 Å². The Kier molecular flexibility index (Phi) is 3.30. The summed E-state index contributed by atoms with van der Waals surface area (Å²) in [6, 6.07) is 0.199. The SMILES string of the molecule is CC(CO)N1CCC[C@H](O)C1. The molecule has 0 bridgehead atoms. The van der Waals surface area contributed by atoms with Gasteiger partial charge in [-0.25, -0.2) is 0 Å². The van der Waals surface area contributed by atoms with E-state index in [9.17, 15) is 5.11 Å². The van der Waals surface area contributed by atoms with E-state index in [1.807, 2.05) is 6.92 Å². The number of β-amino-alcohol motifs (C(OH)–C–C–N with tert-alkyl or cyclic N) is 1. The summed E-state index contributed by atoms with van der Waals surface area (Å²) in [6.45, 7) is 3.91. The quantitative estimate of drug-likeness (QED) is 0.587. The molecule has 0 aromatic carbocycles. The summed E-state index contributed by atoms with van der Waals surface area (Å²) in [6.07, 6.45) is 1.78. The molecule has 1 aliphatic rings. The third-order valence-electron chi connectivity index (χ3n) is 2.32. The maximum atomic E-state index is 9.30. The summed E-state index contributed by atoms with van der Waals surface area (Å²) >= 11 is 0. The second kappa shape index (κ2) is 4.04. The van der Waals surface area contributed by atoms with Gasteiger partial charge < -0.3 is 10.2 Å². The lowest BCUT2D eigenvalue weighted by Crippen LogP contribution is -2.44. The van der Waals surface area contributed by atoms with Crippen molar-refractivity contribution >= 4 is 0 Å². The Morgan fingerprint density at radius 1 is 1.64 bits per heavy atom. The van der Waals surface area contributed by atoms with Gasteiger partial charge in [-0.2, -0.15) is 0 Å². The first-order valence-corrected chi connectivity index (χ1v) is 4.27. The van der Waals surface area contributed by atoms with Crippen LogP contribution in [0.1, 0.15) is 19.8 Å². The molecule has 66 valence electrons. The van der Waals surface area contributed by atoms with Crippen molar-refractivity contribution in [3.05, 3.63) is 0 Å². The Balaban J connectivity index is 2.33. The topological polar surface area (TPSA) is 43.7 Å². The summed E-state index contributed by atoms with van der Waals surface area (Å²) < 4.78 is 0. The maximum Gasteiger partial charge on any atom is 0.0667 e. The summed E-state index contributed by atoms with van der Waals surface area (Å²) in [4.78, 5) is 2.13. The number of hydrogen-bond donors (Lipinski definition) is 2. The monoisotopic (exact) mass is 159 g/mol. The van der Waals surface area contributed by atoms with Crippen molar-refractivity contribution in [3.63, 3.8) is 0 Å². The molecule has 1 aliphatic heterocycles. The molecule has 0 spiro atoms. The number of likely N-dealkylation sites (tertiary alicyclic amines) is 1. The highest BCUT2D eigenvalue weighted by Gasteiger charge is 2.20. The fourth-order valence-electron chi connectivity index (χ4n) is 1.50. The van der Waals surface area contributed by atoms with Crippen LogP contribution in [-0.2, 0) is 0 Å². The first-order chi connectivity index (χ1) is 5.24. The van der Waals surface area contributed by atoms with E-state index in [1.165, 1.54) is 0 Å². The number of rotatable bonds is 2. The van der Waals surface area contributed by atoms with Crippen molar-refractivity contribution < 1.29 is 10.2 Å². The lowest BCUT2D eigenvalue weighted by atomic mass is 10.1. The van der Waals surface area contributed by atoms with Crippen LogP contribution >= 0.6 is 0 Å². The Bertz CT molecular complexity index is 119. The van der Waals surface area contributed by atoms with Gasteiger partial charge in [0.05, 0.1) is 12.7 Å². The molecule has 0 radical (unpaired) electrons. The number of aliphatic hydroxyl groups is 2. The molecule has 11 heavy (non-hydrogen) atoms. The molecule has 0 aromatic rings. The molecule has 1 rings (SSSR count). The second-order valence-electron chi connectivity index (χ2n) is 3.32. The van der Waals surface area contributed by atoms with E-state index in [-0.39, 0.29) is 18.8 Å². The standard InChI is InChI=1S/C8H17NO2/c1-7(6-10)9-4-2-3-8(11)5-9/h7-8,10-11H,2-6H2,1H3/t7?,8-/m0/s1. The predicted molar refractivity (Wildman–Crippen MR) is 43.4 cm³/mol. The minimum absolute atomic E-state index is 0.183. The van der Waals surface area contributed by atoms with Gasteiger partial charge in [-0.3, -0.25) is 4.90 Å². The fraction of sp³-hybridized carbons (Fsp3) is 1.00. The molecule has 1 heterocycles. The van der Waals surface area contributed by atoms with Gasteiger partial charge >= 0.3 is 0 Å². The third-order valence-corrected chi connectivity index (χ3v) is 2.32. The zero-order chi connectivity index (χ0) is 8.27. The van der Waals surface area contributed by atoms with Gasteiger partial charge in [0.1, 0.15) is 0 Å². The van der Waals surface area contributed by atoms with Crippen LogP contribution in [-0.4, -0.2) is 47.0 Å². The Hall–Kier alpha value is -0.120. The molecule has 0 saturated carbocycles. The normalized spacial score (nSPS) is 30.3. The zero-order valence-corrected chi connectivity index (χ0v) is 7.03. The number of piperidine rings is 1. The summed E-state index contributed by atoms with van der Waals surface area (Å²) in [5, 5.41) is 18.2. The van der Waals surface area contributed by atoms with E-state index in [0.717, 1.165) is 25.9 Å². The largest absolute Gasteiger partial charge is 0.395 e. The molecule has 1 unspecified atom stereocenters. The van der Waals surface area contributed by atoms with Crippen LogP contribution in [0.3, 0.4) is 0 Å². The van der Waals surface area contributed by atoms with Crippen molar-refractivity contribution in [1.82, 2.24) is 4.90 Å². The first kappa shape index (κ1) is 8.97. The van der Waals surface area contributed by atoms with Gasteiger partial charge in [0, 0.05) is 12.6 Å². The van der Waals surface area contributed by atoms with Crippen LogP contribution in [0.25, 0.3) is 0 Å². The lowest BCUT2D eigenvalue weighted by molar-refractivity contribution is 0.0344. The molecular formula is C8H17NO2. The number of aliphatic hydroxyl groups excluding tert-OH is 2. The molecule has 0 amide bonds. The average Bonchev–Trinajstić information content (AvgIpc) is 2.03. The highest BCUT2D eigenvalue weighted by atomic mass is 16.3. The van der Waals surface area contributed by atoms with Crippen LogP contribution in [0.2, 0.25) is 0 Å². The molecule has 2 N–H and O–H groups in total. The van der Waals surface area contributed by atoms with E-state index in [1.54, 1.807) is 0 Å². The van der Waals surface area contributed by atoms with Crippen molar-refractivity contribution in [2.75, 3.05) is 19.7 Å². The van der Waals surface area contributed by atoms with Crippen molar-refractivity contribution in [2.45, 2.75) is 31.9 Å². The smallest absolute Gasteiger partial charge is 0.0667 e. The van der Waals surface area contributed by atoms with E-state index in [2.05, 4.69) is 4.90 Å². The Morgan fingerprint density at radius 2 is 2.36 bits per heavy atom. The van der Waals surface area contributed by atoms with Crippen LogP contribution < -0.4 is 0 Å². The molecule has 3 heteroatoms. The summed E-state index contributed by atoms with van der Waals surface area (Å²) in [5.74, 6) is 0. The van der Waals surface area contributed by atoms with Crippen LogP contribution in [0, 0.1) is 0 Å². The summed E-state index contributed by atoms with van der Waals surface area (Å²) in [5.41, 5.74) is 0. The van der Waals surface area contributed by atoms with Gasteiger partial charge in [-0.15, -0.1) is 0 Å². The van der Waals surface area contributed by atoms with Crippen molar-refractivity contribution in [3.8, 4) is 0 Å². The van der Waals surface area contributed by atoms with E-state index in [0.29, 0.717) is 0 Å². The molecule has 2 atom stereocenters. The van der Waals surface area contributed by atoms with Gasteiger partial charge in [-0.05, 0) is 26.3 Å². The van der Waals surface area contributed by atoms with Crippen LogP contribution in [0.15, 0.2) is 0 Å². The third kappa shape index (κ3) is 2.43. The number of hydrogen-bond acceptors (Lipinski definition) is 3. The highest BCUT2D eigenvalue weighted by molar-refractivity contribution is 4.75. The first-order valence-electron chi connectivity index (χ1n) is 4.27. The molecule has 3 nitrogen and oxygen atoms in total. The van der Waals surface area contributed by atoms with E-state index < -0.39 is 0 Å². The Morgan fingerprint density at radius 3 is 2.91 bits per heavy atom. The molecule has 0 aromatic heterocycles. The van der Waals surface area contributed by atoms with Crippen molar-refractivity contribution in [2.24, 2.45) is 0 Å². The van der Waals surface area contributed by atoms with Gasteiger partial charge in [0.25, 0.3) is 0 Å².